The highest BCUT2D eigenvalue weighted by atomic mass is 16.5. The van der Waals surface area contributed by atoms with E-state index in [4.69, 9.17) is 10.5 Å². The fourth-order valence-corrected chi connectivity index (χ4v) is 1.96. The Morgan fingerprint density at radius 1 is 1.25 bits per heavy atom. The molecule has 16 heavy (non-hydrogen) atoms. The molecule has 0 heterocycles. The van der Waals surface area contributed by atoms with Gasteiger partial charge in [-0.1, -0.05) is 44.2 Å². The van der Waals surface area contributed by atoms with Crippen molar-refractivity contribution < 1.29 is 9.53 Å². The maximum atomic E-state index is 11.5. The third kappa shape index (κ3) is 2.83. The van der Waals surface area contributed by atoms with Crippen LogP contribution in [0.4, 0.5) is 0 Å². The van der Waals surface area contributed by atoms with Crippen molar-refractivity contribution in [3.05, 3.63) is 35.9 Å². The Morgan fingerprint density at radius 2 is 1.81 bits per heavy atom. The van der Waals surface area contributed by atoms with Gasteiger partial charge >= 0.3 is 5.97 Å². The highest BCUT2D eigenvalue weighted by Crippen LogP contribution is 2.27. The molecule has 0 bridgehead atoms. The summed E-state index contributed by atoms with van der Waals surface area (Å²) in [6, 6.07) is 9.24. The van der Waals surface area contributed by atoms with Crippen LogP contribution in [0.3, 0.4) is 0 Å². The summed E-state index contributed by atoms with van der Waals surface area (Å²) in [7, 11) is 1.37. The minimum absolute atomic E-state index is 0.00588. The predicted octanol–water partition coefficient (Wildman–Crippen LogP) is 1.93. The first-order valence-electron chi connectivity index (χ1n) is 5.46. The Hall–Kier alpha value is -1.35. The summed E-state index contributed by atoms with van der Waals surface area (Å²) in [5, 5.41) is 0. The first-order valence-corrected chi connectivity index (χ1v) is 5.46. The lowest BCUT2D eigenvalue weighted by Crippen LogP contribution is -2.39. The molecule has 2 atom stereocenters. The Balaban J connectivity index is 2.96. The van der Waals surface area contributed by atoms with Crippen molar-refractivity contribution in [3.63, 3.8) is 0 Å². The van der Waals surface area contributed by atoms with E-state index in [1.54, 1.807) is 0 Å². The van der Waals surface area contributed by atoms with E-state index in [9.17, 15) is 4.79 Å². The average Bonchev–Trinajstić information content (AvgIpc) is 2.29. The lowest BCUT2D eigenvalue weighted by molar-refractivity contribution is -0.143. The van der Waals surface area contributed by atoms with E-state index in [1.165, 1.54) is 7.11 Å². The zero-order valence-corrected chi connectivity index (χ0v) is 10.0. The zero-order chi connectivity index (χ0) is 12.1. The number of esters is 1. The van der Waals surface area contributed by atoms with Crippen LogP contribution in [-0.4, -0.2) is 19.1 Å². The van der Waals surface area contributed by atoms with Crippen LogP contribution in [0.25, 0.3) is 0 Å². The first-order chi connectivity index (χ1) is 7.57. The zero-order valence-electron chi connectivity index (χ0n) is 10.0. The molecule has 0 fully saturated rings. The highest BCUT2D eigenvalue weighted by Gasteiger charge is 2.29. The standard InChI is InChI=1S/C13H19NO2/c1-9(2)11(12(14)13(15)16-3)10-7-5-4-6-8-10/h4-9,11-12H,14H2,1-3H3. The number of hydrogen-bond donors (Lipinski definition) is 1. The van der Waals surface area contributed by atoms with E-state index in [0.29, 0.717) is 0 Å². The number of hydrogen-bond acceptors (Lipinski definition) is 3. The monoisotopic (exact) mass is 221 g/mol. The van der Waals surface area contributed by atoms with Gasteiger partial charge < -0.3 is 10.5 Å². The van der Waals surface area contributed by atoms with Crippen molar-refractivity contribution in [1.82, 2.24) is 0 Å². The van der Waals surface area contributed by atoms with E-state index >= 15 is 0 Å². The SMILES string of the molecule is COC(=O)C(N)C(c1ccccc1)C(C)C. The first kappa shape index (κ1) is 12.7. The molecule has 2 unspecified atom stereocenters. The smallest absolute Gasteiger partial charge is 0.323 e. The van der Waals surface area contributed by atoms with Gasteiger partial charge in [0.2, 0.25) is 0 Å². The van der Waals surface area contributed by atoms with Crippen LogP contribution in [0.1, 0.15) is 25.3 Å². The van der Waals surface area contributed by atoms with Crippen LogP contribution < -0.4 is 5.73 Å². The van der Waals surface area contributed by atoms with Gasteiger partial charge in [-0.25, -0.2) is 0 Å². The largest absolute Gasteiger partial charge is 0.468 e. The summed E-state index contributed by atoms with van der Waals surface area (Å²) in [6.45, 7) is 4.11. The second kappa shape index (κ2) is 5.66. The summed E-state index contributed by atoms with van der Waals surface area (Å²) < 4.78 is 4.70. The van der Waals surface area contributed by atoms with Gasteiger partial charge in [0.1, 0.15) is 6.04 Å². The van der Waals surface area contributed by atoms with Gasteiger partial charge in [-0.05, 0) is 11.5 Å². The minimum Gasteiger partial charge on any atom is -0.468 e. The van der Waals surface area contributed by atoms with Gasteiger partial charge in [-0.2, -0.15) is 0 Å². The molecular formula is C13H19NO2. The molecule has 0 saturated carbocycles. The number of carbonyl (C=O) groups excluding carboxylic acids is 1. The summed E-state index contributed by atoms with van der Waals surface area (Å²) >= 11 is 0. The molecule has 0 aliphatic heterocycles. The Bertz CT molecular complexity index is 335. The van der Waals surface area contributed by atoms with Crippen molar-refractivity contribution in [2.24, 2.45) is 11.7 Å². The van der Waals surface area contributed by atoms with Crippen molar-refractivity contribution in [1.29, 1.82) is 0 Å². The number of benzene rings is 1. The van der Waals surface area contributed by atoms with Gasteiger partial charge in [0.15, 0.2) is 0 Å². The fraction of sp³-hybridized carbons (Fsp3) is 0.462. The molecular weight excluding hydrogens is 202 g/mol. The fourth-order valence-electron chi connectivity index (χ4n) is 1.96. The molecule has 3 heteroatoms. The van der Waals surface area contributed by atoms with E-state index in [2.05, 4.69) is 13.8 Å². The molecule has 2 N–H and O–H groups in total. The van der Waals surface area contributed by atoms with Crippen LogP contribution in [0.15, 0.2) is 30.3 Å². The summed E-state index contributed by atoms with van der Waals surface area (Å²) in [4.78, 5) is 11.5. The van der Waals surface area contributed by atoms with Crippen molar-refractivity contribution in [2.75, 3.05) is 7.11 Å². The number of nitrogens with two attached hydrogens (primary N) is 1. The normalized spacial score (nSPS) is 14.6. The Morgan fingerprint density at radius 3 is 2.25 bits per heavy atom. The molecule has 0 aliphatic carbocycles. The Labute approximate surface area is 96.6 Å². The molecule has 88 valence electrons. The van der Waals surface area contributed by atoms with Crippen LogP contribution >= 0.6 is 0 Å². The summed E-state index contributed by atoms with van der Waals surface area (Å²) in [5.74, 6) is -0.0762. The van der Waals surface area contributed by atoms with Crippen LogP contribution in [0.5, 0.6) is 0 Å². The topological polar surface area (TPSA) is 52.3 Å². The third-order valence-electron chi connectivity index (χ3n) is 2.76. The second-order valence-electron chi connectivity index (χ2n) is 4.23. The molecule has 0 spiro atoms. The van der Waals surface area contributed by atoms with Crippen LogP contribution in [-0.2, 0) is 9.53 Å². The van der Waals surface area contributed by atoms with Gasteiger partial charge in [0.25, 0.3) is 0 Å². The van der Waals surface area contributed by atoms with Gasteiger partial charge in [0.05, 0.1) is 7.11 Å². The molecule has 0 amide bonds. The number of ether oxygens (including phenoxy) is 1. The molecule has 0 aromatic heterocycles. The predicted molar refractivity (Wildman–Crippen MR) is 64.0 cm³/mol. The minimum atomic E-state index is -0.604. The molecule has 1 rings (SSSR count). The van der Waals surface area contributed by atoms with E-state index in [0.717, 1.165) is 5.56 Å². The molecule has 0 radical (unpaired) electrons. The summed E-state index contributed by atoms with van der Waals surface area (Å²) in [5.41, 5.74) is 7.01. The Kier molecular flexibility index (Phi) is 4.50. The van der Waals surface area contributed by atoms with Crippen molar-refractivity contribution in [2.45, 2.75) is 25.8 Å². The molecule has 3 nitrogen and oxygen atoms in total. The van der Waals surface area contributed by atoms with Crippen molar-refractivity contribution >= 4 is 5.97 Å². The third-order valence-corrected chi connectivity index (χ3v) is 2.76. The molecule has 1 aromatic carbocycles. The van der Waals surface area contributed by atoms with Gasteiger partial charge in [0, 0.05) is 5.92 Å². The lowest BCUT2D eigenvalue weighted by Gasteiger charge is -2.25. The molecule has 1 aromatic rings. The number of carbonyl (C=O) groups is 1. The van der Waals surface area contributed by atoms with E-state index < -0.39 is 6.04 Å². The van der Waals surface area contributed by atoms with E-state index in [1.807, 2.05) is 30.3 Å². The summed E-state index contributed by atoms with van der Waals surface area (Å²) in [6.07, 6.45) is 0. The molecule has 0 saturated heterocycles. The van der Waals surface area contributed by atoms with Gasteiger partial charge in [-0.15, -0.1) is 0 Å². The quantitative estimate of drug-likeness (QED) is 0.790. The van der Waals surface area contributed by atoms with Crippen LogP contribution in [0, 0.1) is 5.92 Å². The maximum Gasteiger partial charge on any atom is 0.323 e. The molecule has 0 aliphatic rings. The lowest BCUT2D eigenvalue weighted by atomic mass is 9.83. The number of methoxy groups -OCH3 is 1. The van der Waals surface area contributed by atoms with Crippen molar-refractivity contribution in [3.8, 4) is 0 Å². The maximum absolute atomic E-state index is 11.5. The second-order valence-corrected chi connectivity index (χ2v) is 4.23. The van der Waals surface area contributed by atoms with Gasteiger partial charge in [-0.3, -0.25) is 4.79 Å². The van der Waals surface area contributed by atoms with Crippen LogP contribution in [0.2, 0.25) is 0 Å². The highest BCUT2D eigenvalue weighted by molar-refractivity contribution is 5.76. The number of rotatable bonds is 4. The van der Waals surface area contributed by atoms with E-state index in [-0.39, 0.29) is 17.8 Å². The average molecular weight is 221 g/mol.